The van der Waals surface area contributed by atoms with Crippen LogP contribution in [0.1, 0.15) is 26.3 Å². The van der Waals surface area contributed by atoms with Crippen molar-refractivity contribution in [1.29, 1.82) is 0 Å². The lowest BCUT2D eigenvalue weighted by Crippen LogP contribution is -2.39. The second-order valence-electron chi connectivity index (χ2n) is 7.21. The molecule has 164 valence electrons. The minimum absolute atomic E-state index is 0.259. The van der Waals surface area contributed by atoms with Crippen molar-refractivity contribution in [1.82, 2.24) is 10.2 Å². The van der Waals surface area contributed by atoms with E-state index < -0.39 is 5.97 Å². The molecule has 1 amide bonds. The number of ether oxygens (including phenoxy) is 2. The average Bonchev–Trinajstić information content (AvgIpc) is 2.79. The zero-order valence-electron chi connectivity index (χ0n) is 17.9. The van der Waals surface area contributed by atoms with Crippen molar-refractivity contribution in [3.63, 3.8) is 0 Å². The maximum atomic E-state index is 12.8. The summed E-state index contributed by atoms with van der Waals surface area (Å²) in [5.41, 5.74) is 2.57. The molecule has 0 aromatic heterocycles. The molecule has 0 aliphatic carbocycles. The van der Waals surface area contributed by atoms with Gasteiger partial charge in [0, 0.05) is 30.9 Å². The number of benzene rings is 2. The highest BCUT2D eigenvalue weighted by Gasteiger charge is 2.13. The number of methoxy groups -OCH3 is 1. The lowest BCUT2D eigenvalue weighted by molar-refractivity contribution is 0.0394. The third kappa shape index (κ3) is 6.91. The fourth-order valence-corrected chi connectivity index (χ4v) is 3.18. The third-order valence-electron chi connectivity index (χ3n) is 4.85. The van der Waals surface area contributed by atoms with Crippen LogP contribution in [0, 0.1) is 6.92 Å². The summed E-state index contributed by atoms with van der Waals surface area (Å²) in [5.74, 6) is -0.370. The third-order valence-corrected chi connectivity index (χ3v) is 4.85. The lowest BCUT2D eigenvalue weighted by atomic mass is 10.1. The fraction of sp³-hybridized carbons (Fsp3) is 0.348. The number of aryl methyl sites for hydroxylation is 1. The Morgan fingerprint density at radius 2 is 1.84 bits per heavy atom. The van der Waals surface area contributed by atoms with Gasteiger partial charge in [-0.1, -0.05) is 23.8 Å². The van der Waals surface area contributed by atoms with E-state index in [0.717, 1.165) is 38.4 Å². The van der Waals surface area contributed by atoms with Gasteiger partial charge < -0.3 is 14.8 Å². The predicted molar refractivity (Wildman–Crippen MR) is 120 cm³/mol. The van der Waals surface area contributed by atoms with Crippen molar-refractivity contribution in [2.24, 2.45) is 4.99 Å². The minimum Gasteiger partial charge on any atom is -0.465 e. The van der Waals surface area contributed by atoms with E-state index in [0.29, 0.717) is 29.3 Å². The van der Waals surface area contributed by atoms with Crippen LogP contribution in [0.3, 0.4) is 0 Å². The molecule has 2 aromatic rings. The van der Waals surface area contributed by atoms with E-state index in [1.807, 2.05) is 25.1 Å². The summed E-state index contributed by atoms with van der Waals surface area (Å²) in [6.07, 6.45) is 0. The maximum absolute atomic E-state index is 12.8. The standard InChI is InChI=1S/C23H28N4O4/c1-17-5-3-6-18(15-17)21(28)26-23(24-9-10-27-11-13-31-14-12-27)25-20-8-4-7-19(16-20)22(29)30-2/h3-8,15-16H,9-14H2,1-2H3,(H2,24,25,26,28). The summed E-state index contributed by atoms with van der Waals surface area (Å²) in [5, 5.41) is 5.97. The van der Waals surface area contributed by atoms with Gasteiger partial charge in [0.1, 0.15) is 0 Å². The zero-order valence-corrected chi connectivity index (χ0v) is 17.9. The Bertz CT molecular complexity index is 939. The molecule has 0 unspecified atom stereocenters. The Morgan fingerprint density at radius 3 is 2.58 bits per heavy atom. The largest absolute Gasteiger partial charge is 0.465 e. The predicted octanol–water partition coefficient (Wildman–Crippen LogP) is 2.31. The van der Waals surface area contributed by atoms with Gasteiger partial charge in [0.15, 0.2) is 0 Å². The topological polar surface area (TPSA) is 92.3 Å². The number of nitrogens with zero attached hydrogens (tertiary/aromatic N) is 2. The highest BCUT2D eigenvalue weighted by atomic mass is 16.5. The number of nitrogens with one attached hydrogen (secondary N) is 2. The number of aliphatic imine (C=N–C) groups is 1. The van der Waals surface area contributed by atoms with Crippen molar-refractivity contribution in [3.8, 4) is 0 Å². The van der Waals surface area contributed by atoms with Crippen LogP contribution in [-0.2, 0) is 9.47 Å². The Morgan fingerprint density at radius 1 is 1.10 bits per heavy atom. The molecule has 0 bridgehead atoms. The van der Waals surface area contributed by atoms with Crippen LogP contribution in [-0.4, -0.2) is 69.2 Å². The molecule has 2 N–H and O–H groups in total. The first-order valence-corrected chi connectivity index (χ1v) is 10.2. The van der Waals surface area contributed by atoms with Gasteiger partial charge in [0.2, 0.25) is 5.96 Å². The van der Waals surface area contributed by atoms with Crippen molar-refractivity contribution in [2.75, 3.05) is 51.8 Å². The number of rotatable bonds is 6. The van der Waals surface area contributed by atoms with Crippen LogP contribution in [0.15, 0.2) is 53.5 Å². The van der Waals surface area contributed by atoms with Gasteiger partial charge in [0.05, 0.1) is 32.4 Å². The number of guanidine groups is 1. The number of amides is 1. The summed E-state index contributed by atoms with van der Waals surface area (Å²) in [4.78, 5) is 31.4. The molecular formula is C23H28N4O4. The zero-order chi connectivity index (χ0) is 22.1. The molecule has 8 heteroatoms. The van der Waals surface area contributed by atoms with Gasteiger partial charge in [-0.2, -0.15) is 0 Å². The number of hydrogen-bond acceptors (Lipinski definition) is 6. The van der Waals surface area contributed by atoms with Crippen LogP contribution in [0.25, 0.3) is 0 Å². The molecule has 0 radical (unpaired) electrons. The Hall–Kier alpha value is -3.23. The quantitative estimate of drug-likeness (QED) is 0.420. The molecule has 3 rings (SSSR count). The van der Waals surface area contributed by atoms with E-state index in [1.54, 1.807) is 30.3 Å². The van der Waals surface area contributed by atoms with Crippen LogP contribution >= 0.6 is 0 Å². The van der Waals surface area contributed by atoms with Crippen LogP contribution in [0.2, 0.25) is 0 Å². The average molecular weight is 425 g/mol. The molecule has 1 saturated heterocycles. The summed E-state index contributed by atoms with van der Waals surface area (Å²) in [6.45, 7) is 6.39. The molecule has 8 nitrogen and oxygen atoms in total. The minimum atomic E-state index is -0.432. The fourth-order valence-electron chi connectivity index (χ4n) is 3.18. The Kier molecular flexibility index (Phi) is 8.14. The number of carbonyl (C=O) groups excluding carboxylic acids is 2. The first kappa shape index (κ1) is 22.5. The highest BCUT2D eigenvalue weighted by molar-refractivity contribution is 6.10. The SMILES string of the molecule is COC(=O)c1cccc(NC(=NCCN2CCOCC2)NC(=O)c2cccc(C)c2)c1. The van der Waals surface area contributed by atoms with Crippen LogP contribution in [0.5, 0.6) is 0 Å². The molecule has 2 aromatic carbocycles. The molecule has 0 atom stereocenters. The second kappa shape index (κ2) is 11.2. The molecule has 1 fully saturated rings. The first-order chi connectivity index (χ1) is 15.0. The van der Waals surface area contributed by atoms with Crippen molar-refractivity contribution < 1.29 is 19.1 Å². The van der Waals surface area contributed by atoms with Gasteiger partial charge in [-0.05, 0) is 37.3 Å². The summed E-state index contributed by atoms with van der Waals surface area (Å²) >= 11 is 0. The number of esters is 1. The molecule has 0 saturated carbocycles. The summed E-state index contributed by atoms with van der Waals surface area (Å²) in [6, 6.07) is 14.2. The van der Waals surface area contributed by atoms with Gasteiger partial charge in [0.25, 0.3) is 5.91 Å². The van der Waals surface area contributed by atoms with Gasteiger partial charge in [-0.3, -0.25) is 20.0 Å². The molecule has 1 heterocycles. The first-order valence-electron chi connectivity index (χ1n) is 10.2. The molecule has 1 aliphatic rings. The number of carbonyl (C=O) groups is 2. The van der Waals surface area contributed by atoms with Gasteiger partial charge in [-0.15, -0.1) is 0 Å². The molecule has 1 aliphatic heterocycles. The van der Waals surface area contributed by atoms with E-state index in [4.69, 9.17) is 9.47 Å². The second-order valence-corrected chi connectivity index (χ2v) is 7.21. The summed E-state index contributed by atoms with van der Waals surface area (Å²) < 4.78 is 10.2. The van der Waals surface area contributed by atoms with E-state index in [9.17, 15) is 9.59 Å². The summed E-state index contributed by atoms with van der Waals surface area (Å²) in [7, 11) is 1.34. The molecular weight excluding hydrogens is 396 g/mol. The van der Waals surface area contributed by atoms with Gasteiger partial charge in [-0.25, -0.2) is 4.79 Å². The number of anilines is 1. The number of morpholine rings is 1. The number of hydrogen-bond donors (Lipinski definition) is 2. The van der Waals surface area contributed by atoms with Crippen LogP contribution in [0.4, 0.5) is 5.69 Å². The maximum Gasteiger partial charge on any atom is 0.337 e. The Balaban J connectivity index is 1.73. The van der Waals surface area contributed by atoms with E-state index in [1.165, 1.54) is 7.11 Å². The highest BCUT2D eigenvalue weighted by Crippen LogP contribution is 2.12. The van der Waals surface area contributed by atoms with Gasteiger partial charge >= 0.3 is 5.97 Å². The normalized spacial score (nSPS) is 14.7. The molecule has 0 spiro atoms. The smallest absolute Gasteiger partial charge is 0.337 e. The van der Waals surface area contributed by atoms with E-state index >= 15 is 0 Å². The van der Waals surface area contributed by atoms with E-state index in [-0.39, 0.29) is 5.91 Å². The van der Waals surface area contributed by atoms with Crippen molar-refractivity contribution in [2.45, 2.75) is 6.92 Å². The van der Waals surface area contributed by atoms with E-state index in [2.05, 4.69) is 20.5 Å². The van der Waals surface area contributed by atoms with Crippen molar-refractivity contribution >= 4 is 23.5 Å². The Labute approximate surface area is 182 Å². The molecule has 31 heavy (non-hydrogen) atoms. The van der Waals surface area contributed by atoms with Crippen LogP contribution < -0.4 is 10.6 Å². The lowest BCUT2D eigenvalue weighted by Gasteiger charge is -2.25. The van der Waals surface area contributed by atoms with Crippen molar-refractivity contribution in [3.05, 3.63) is 65.2 Å². The monoisotopic (exact) mass is 424 g/mol.